The molecule has 0 aliphatic heterocycles. The molecule has 0 atom stereocenters. The topological polar surface area (TPSA) is 144 Å². The fraction of sp³-hybridized carbons (Fsp3) is 0.625. The van der Waals surface area contributed by atoms with Crippen LogP contribution in [0.25, 0.3) is 0 Å². The van der Waals surface area contributed by atoms with E-state index in [2.05, 4.69) is 0 Å². The smallest absolute Gasteiger partial charge is 0.330 e. The van der Waals surface area contributed by atoms with Crippen molar-refractivity contribution in [2.45, 2.75) is 19.5 Å². The number of aliphatic hydroxyl groups is 4. The zero-order chi connectivity index (χ0) is 13.1. The fourth-order valence-electron chi connectivity index (χ4n) is 0.474. The van der Waals surface area contributed by atoms with Gasteiger partial charge in [0.25, 0.3) is 0 Å². The molecule has 7 N–H and O–H groups in total. The summed E-state index contributed by atoms with van der Waals surface area (Å²) in [6.07, 6.45) is -1.79. The summed E-state index contributed by atoms with van der Waals surface area (Å²) in [5.41, 5.74) is 5.29. The number of aliphatic carboxylic acids is 1. The quantitative estimate of drug-likeness (QED) is 0.251. The van der Waals surface area contributed by atoms with Gasteiger partial charge in [0, 0.05) is 23.3 Å². The van der Waals surface area contributed by atoms with E-state index in [-0.39, 0.29) is 11.5 Å². The van der Waals surface area contributed by atoms with Gasteiger partial charge in [-0.3, -0.25) is 0 Å². The number of carbonyl (C=O) groups is 1. The molecule has 7 nitrogen and oxygen atoms in total. The minimum Gasteiger partial charge on any atom is -0.478 e. The third kappa shape index (κ3) is 23.2. The van der Waals surface area contributed by atoms with Gasteiger partial charge in [0.1, 0.15) is 0 Å². The van der Waals surface area contributed by atoms with Gasteiger partial charge in [-0.05, 0) is 6.92 Å². The predicted octanol–water partition coefficient (Wildman–Crippen LogP) is -1.73. The maximum Gasteiger partial charge on any atom is 0.330 e. The number of allylic oxidation sites excluding steroid dienone is 1. The Labute approximate surface area is 97.2 Å². The highest BCUT2D eigenvalue weighted by Gasteiger charge is 2.00. The Kier molecular flexibility index (Phi) is 11.8. The molecule has 16 heavy (non-hydrogen) atoms. The lowest BCUT2D eigenvalue weighted by Crippen LogP contribution is -2.12. The summed E-state index contributed by atoms with van der Waals surface area (Å²) in [6.45, 7) is 1.52. The van der Waals surface area contributed by atoms with Crippen molar-refractivity contribution < 1.29 is 30.3 Å². The van der Waals surface area contributed by atoms with E-state index in [1.807, 2.05) is 0 Å². The van der Waals surface area contributed by atoms with Gasteiger partial charge in [0.05, 0.1) is 0 Å². The van der Waals surface area contributed by atoms with Crippen molar-refractivity contribution in [1.29, 1.82) is 0 Å². The molecule has 0 unspecified atom stereocenters. The van der Waals surface area contributed by atoms with E-state index in [0.29, 0.717) is 5.70 Å². The third-order valence-electron chi connectivity index (χ3n) is 0.885. The highest BCUT2D eigenvalue weighted by molar-refractivity contribution is 7.99. The van der Waals surface area contributed by atoms with Crippen LogP contribution in [0.3, 0.4) is 0 Å². The highest BCUT2D eigenvalue weighted by atomic mass is 32.2. The van der Waals surface area contributed by atoms with Crippen molar-refractivity contribution >= 4 is 17.7 Å². The minimum absolute atomic E-state index is 0.109. The molecule has 0 spiro atoms. The SMILES string of the molecule is CC(N)=CC(=O)O.OC(O)CSCC(O)O. The second-order valence-electron chi connectivity index (χ2n) is 2.73. The average Bonchev–Trinajstić information content (AvgIpc) is 2.00. The van der Waals surface area contributed by atoms with Crippen LogP contribution < -0.4 is 5.73 Å². The van der Waals surface area contributed by atoms with Crippen LogP contribution >= 0.6 is 11.8 Å². The fourth-order valence-corrected chi connectivity index (χ4v) is 1.03. The standard InChI is InChI=1S/C4H7NO2.C4H10O4S/c1-3(5)2-4(6)7;5-3(6)1-9-2-4(7)8/h2H,5H2,1H3,(H,6,7);3-8H,1-2H2. The molecule has 0 aromatic carbocycles. The molecule has 0 aliphatic rings. The van der Waals surface area contributed by atoms with Crippen LogP contribution in [0.1, 0.15) is 6.92 Å². The monoisotopic (exact) mass is 255 g/mol. The van der Waals surface area contributed by atoms with Crippen LogP contribution in [0.15, 0.2) is 11.8 Å². The van der Waals surface area contributed by atoms with Gasteiger partial charge < -0.3 is 31.3 Å². The lowest BCUT2D eigenvalue weighted by molar-refractivity contribution is -0.131. The molecule has 0 heterocycles. The number of aliphatic hydroxyl groups excluding tert-OH is 2. The molecule has 0 aromatic heterocycles. The number of rotatable bonds is 5. The number of nitrogens with two attached hydrogens (primary N) is 1. The zero-order valence-corrected chi connectivity index (χ0v) is 9.59. The summed E-state index contributed by atoms with van der Waals surface area (Å²) in [5, 5.41) is 40.9. The minimum atomic E-state index is -1.37. The van der Waals surface area contributed by atoms with Crippen molar-refractivity contribution in [3.05, 3.63) is 11.8 Å². The summed E-state index contributed by atoms with van der Waals surface area (Å²) >= 11 is 1.07. The Morgan fingerprint density at radius 3 is 1.75 bits per heavy atom. The molecule has 0 saturated carbocycles. The summed E-state index contributed by atoms with van der Waals surface area (Å²) < 4.78 is 0. The second kappa shape index (κ2) is 10.7. The summed E-state index contributed by atoms with van der Waals surface area (Å²) in [5.74, 6) is -0.782. The van der Waals surface area contributed by atoms with Crippen molar-refractivity contribution in [2.75, 3.05) is 11.5 Å². The van der Waals surface area contributed by atoms with Crippen LogP contribution in [0.5, 0.6) is 0 Å². The number of carboxylic acid groups (broad SMARTS) is 1. The molecule has 0 rings (SSSR count). The van der Waals surface area contributed by atoms with Crippen LogP contribution in [-0.4, -0.2) is 55.6 Å². The Bertz CT molecular complexity index is 207. The first kappa shape index (κ1) is 17.6. The summed E-state index contributed by atoms with van der Waals surface area (Å²) in [4.78, 5) is 9.65. The van der Waals surface area contributed by atoms with Crippen LogP contribution in [0, 0.1) is 0 Å². The lowest BCUT2D eigenvalue weighted by Gasteiger charge is -2.03. The maximum absolute atomic E-state index is 9.65. The Morgan fingerprint density at radius 2 is 1.62 bits per heavy atom. The molecule has 96 valence electrons. The van der Waals surface area contributed by atoms with E-state index in [4.69, 9.17) is 31.3 Å². The number of thioether (sulfide) groups is 1. The van der Waals surface area contributed by atoms with Crippen molar-refractivity contribution in [2.24, 2.45) is 5.73 Å². The highest BCUT2D eigenvalue weighted by Crippen LogP contribution is 2.01. The van der Waals surface area contributed by atoms with E-state index in [1.54, 1.807) is 0 Å². The molecule has 0 bridgehead atoms. The molecular weight excluding hydrogens is 238 g/mol. The lowest BCUT2D eigenvalue weighted by atomic mass is 10.5. The van der Waals surface area contributed by atoms with Crippen LogP contribution in [0.2, 0.25) is 0 Å². The predicted molar refractivity (Wildman–Crippen MR) is 59.4 cm³/mol. The van der Waals surface area contributed by atoms with E-state index < -0.39 is 18.5 Å². The first-order chi connectivity index (χ1) is 7.25. The van der Waals surface area contributed by atoms with Gasteiger partial charge in [-0.15, -0.1) is 0 Å². The number of hydrogen-bond donors (Lipinski definition) is 6. The second-order valence-corrected chi connectivity index (χ2v) is 3.80. The van der Waals surface area contributed by atoms with Crippen molar-refractivity contribution in [1.82, 2.24) is 0 Å². The van der Waals surface area contributed by atoms with Crippen LogP contribution in [0.4, 0.5) is 0 Å². The van der Waals surface area contributed by atoms with Crippen molar-refractivity contribution in [3.63, 3.8) is 0 Å². The van der Waals surface area contributed by atoms with Crippen LogP contribution in [-0.2, 0) is 4.79 Å². The summed E-state index contributed by atoms with van der Waals surface area (Å²) in [6, 6.07) is 0. The molecule has 0 aliphatic carbocycles. The maximum atomic E-state index is 9.65. The average molecular weight is 255 g/mol. The van der Waals surface area contributed by atoms with E-state index in [1.165, 1.54) is 6.92 Å². The largest absolute Gasteiger partial charge is 0.478 e. The Morgan fingerprint density at radius 1 is 1.25 bits per heavy atom. The van der Waals surface area contributed by atoms with Gasteiger partial charge >= 0.3 is 5.97 Å². The Balaban J connectivity index is 0. The van der Waals surface area contributed by atoms with Crippen molar-refractivity contribution in [3.8, 4) is 0 Å². The molecule has 8 heteroatoms. The molecule has 0 fully saturated rings. The first-order valence-electron chi connectivity index (χ1n) is 4.22. The molecular formula is C8H17NO6S. The molecule has 0 aromatic rings. The van der Waals surface area contributed by atoms with E-state index in [9.17, 15) is 4.79 Å². The normalized spacial score (nSPS) is 11.3. The van der Waals surface area contributed by atoms with Gasteiger partial charge in [-0.2, -0.15) is 11.8 Å². The first-order valence-corrected chi connectivity index (χ1v) is 5.38. The van der Waals surface area contributed by atoms with Gasteiger partial charge in [-0.1, -0.05) is 0 Å². The molecule has 0 amide bonds. The number of hydrogen-bond acceptors (Lipinski definition) is 7. The van der Waals surface area contributed by atoms with Gasteiger partial charge in [0.2, 0.25) is 0 Å². The molecule has 0 radical (unpaired) electrons. The zero-order valence-electron chi connectivity index (χ0n) is 8.78. The van der Waals surface area contributed by atoms with E-state index >= 15 is 0 Å². The third-order valence-corrected chi connectivity index (χ3v) is 1.95. The number of carboxylic acids is 1. The summed E-state index contributed by atoms with van der Waals surface area (Å²) in [7, 11) is 0. The van der Waals surface area contributed by atoms with Gasteiger partial charge in [-0.25, -0.2) is 4.79 Å². The van der Waals surface area contributed by atoms with Gasteiger partial charge in [0.15, 0.2) is 12.6 Å². The Hall–Kier alpha value is -0.800. The van der Waals surface area contributed by atoms with E-state index in [0.717, 1.165) is 17.8 Å². The molecule has 0 saturated heterocycles.